The van der Waals surface area contributed by atoms with Gasteiger partial charge in [0.15, 0.2) is 5.13 Å². The zero-order valence-electron chi connectivity index (χ0n) is 18.0. The quantitative estimate of drug-likeness (QED) is 0.606. The second-order valence-electron chi connectivity index (χ2n) is 7.58. The highest BCUT2D eigenvalue weighted by atomic mass is 32.1. The molecular weight excluding hydrogens is 414 g/mol. The number of nitrogens with one attached hydrogen (secondary N) is 1. The monoisotopic (exact) mass is 441 g/mol. The third-order valence-corrected chi connectivity index (χ3v) is 6.39. The summed E-state index contributed by atoms with van der Waals surface area (Å²) in [6.07, 6.45) is 4.04. The number of anilines is 1. The van der Waals surface area contributed by atoms with E-state index in [0.717, 1.165) is 36.6 Å². The van der Waals surface area contributed by atoms with Gasteiger partial charge in [-0.25, -0.2) is 4.98 Å². The number of carbonyl (C=O) groups excluding carboxylic acids is 1. The molecule has 1 aliphatic rings. The minimum absolute atomic E-state index is 0.130. The second kappa shape index (κ2) is 9.38. The highest BCUT2D eigenvalue weighted by Crippen LogP contribution is 2.33. The summed E-state index contributed by atoms with van der Waals surface area (Å²) >= 11 is 1.66. The maximum absolute atomic E-state index is 12.9. The van der Waals surface area contributed by atoms with Crippen molar-refractivity contribution < 1.29 is 14.3 Å². The first kappa shape index (κ1) is 21.2. The lowest BCUT2D eigenvalue weighted by Crippen LogP contribution is -2.41. The van der Waals surface area contributed by atoms with Crippen LogP contribution in [0, 0.1) is 5.92 Å². The number of aromatic nitrogens is 3. The second-order valence-corrected chi connectivity index (χ2v) is 8.46. The molecule has 1 N–H and O–H groups in total. The third kappa shape index (κ3) is 4.66. The van der Waals surface area contributed by atoms with Crippen LogP contribution >= 0.6 is 11.3 Å². The van der Waals surface area contributed by atoms with E-state index in [0.29, 0.717) is 35.3 Å². The number of methoxy groups -OCH3 is 2. The molecule has 1 fully saturated rings. The van der Waals surface area contributed by atoms with Crippen molar-refractivity contribution in [3.8, 4) is 22.8 Å². The van der Waals surface area contributed by atoms with E-state index in [2.05, 4.69) is 20.3 Å². The van der Waals surface area contributed by atoms with Crippen molar-refractivity contribution >= 4 is 22.4 Å². The van der Waals surface area contributed by atoms with Crippen LogP contribution in [-0.4, -0.2) is 54.5 Å². The van der Waals surface area contributed by atoms with Crippen molar-refractivity contribution in [2.45, 2.75) is 12.8 Å². The Bertz CT molecular complexity index is 1030. The molecule has 0 spiro atoms. The van der Waals surface area contributed by atoms with Gasteiger partial charge in [0, 0.05) is 43.8 Å². The molecule has 1 aromatic carbocycles. The van der Waals surface area contributed by atoms with E-state index < -0.39 is 0 Å². The van der Waals surface area contributed by atoms with Crippen LogP contribution in [0.15, 0.2) is 35.8 Å². The smallest absolute Gasteiger partial charge is 0.269 e. The van der Waals surface area contributed by atoms with E-state index >= 15 is 0 Å². The fourth-order valence-corrected chi connectivity index (χ4v) is 4.61. The maximum Gasteiger partial charge on any atom is 0.269 e. The van der Waals surface area contributed by atoms with Gasteiger partial charge in [0.1, 0.15) is 17.2 Å². The van der Waals surface area contributed by atoms with Crippen LogP contribution in [0.3, 0.4) is 0 Å². The first-order valence-corrected chi connectivity index (χ1v) is 11.2. The predicted molar refractivity (Wildman–Crippen MR) is 121 cm³/mol. The molecule has 0 bridgehead atoms. The van der Waals surface area contributed by atoms with Crippen molar-refractivity contribution in [2.24, 2.45) is 13.0 Å². The molecule has 3 aromatic rings. The number of hydrogen-bond acceptors (Lipinski definition) is 7. The Hall–Kier alpha value is -3.07. The molecule has 1 atom stereocenters. The molecule has 1 unspecified atom stereocenters. The summed E-state index contributed by atoms with van der Waals surface area (Å²) in [5.41, 5.74) is 1.95. The number of thiazole rings is 1. The number of benzene rings is 1. The maximum atomic E-state index is 12.9. The highest BCUT2D eigenvalue weighted by Gasteiger charge is 2.23. The van der Waals surface area contributed by atoms with E-state index in [9.17, 15) is 4.79 Å². The van der Waals surface area contributed by atoms with Gasteiger partial charge in [-0.2, -0.15) is 5.10 Å². The summed E-state index contributed by atoms with van der Waals surface area (Å²) < 4.78 is 12.4. The number of ether oxygens (including phenoxy) is 2. The molecule has 2 aromatic heterocycles. The molecule has 0 saturated carbocycles. The van der Waals surface area contributed by atoms with E-state index in [1.165, 1.54) is 0 Å². The van der Waals surface area contributed by atoms with Gasteiger partial charge >= 0.3 is 0 Å². The minimum Gasteiger partial charge on any atom is -0.497 e. The molecule has 9 heteroatoms. The Balaban J connectivity index is 1.44. The van der Waals surface area contributed by atoms with Gasteiger partial charge in [-0.1, -0.05) is 0 Å². The summed E-state index contributed by atoms with van der Waals surface area (Å²) in [7, 11) is 5.00. The van der Waals surface area contributed by atoms with Crippen LogP contribution in [0.1, 0.15) is 23.3 Å². The van der Waals surface area contributed by atoms with Gasteiger partial charge in [-0.15, -0.1) is 11.3 Å². The van der Waals surface area contributed by atoms with E-state index in [-0.39, 0.29) is 5.91 Å². The molecule has 1 aliphatic heterocycles. The fourth-order valence-electron chi connectivity index (χ4n) is 3.93. The number of piperidine rings is 1. The van der Waals surface area contributed by atoms with Crippen molar-refractivity contribution in [1.82, 2.24) is 20.1 Å². The molecule has 0 radical (unpaired) electrons. The Labute approximate surface area is 185 Å². The summed E-state index contributed by atoms with van der Waals surface area (Å²) in [5, 5.41) is 10.7. The van der Waals surface area contributed by atoms with E-state index in [4.69, 9.17) is 9.47 Å². The molecule has 8 nitrogen and oxygen atoms in total. The minimum atomic E-state index is -0.130. The van der Waals surface area contributed by atoms with Crippen LogP contribution in [0.5, 0.6) is 11.5 Å². The third-order valence-electron chi connectivity index (χ3n) is 5.56. The number of carbonyl (C=O) groups is 1. The van der Waals surface area contributed by atoms with Crippen molar-refractivity contribution in [3.63, 3.8) is 0 Å². The summed E-state index contributed by atoms with van der Waals surface area (Å²) in [4.78, 5) is 19.6. The van der Waals surface area contributed by atoms with Gasteiger partial charge < -0.3 is 19.7 Å². The molecule has 3 heterocycles. The summed E-state index contributed by atoms with van der Waals surface area (Å²) in [5.74, 6) is 1.65. The lowest BCUT2D eigenvalue weighted by atomic mass is 9.98. The first-order chi connectivity index (χ1) is 15.1. The highest BCUT2D eigenvalue weighted by molar-refractivity contribution is 7.13. The zero-order chi connectivity index (χ0) is 21.8. The average Bonchev–Trinajstić information content (AvgIpc) is 3.47. The Morgan fingerprint density at radius 1 is 1.29 bits per heavy atom. The SMILES string of the molecule is COc1ccc(OC)c(-c2cc(C(=O)NCC3CCCN(c4nccs4)C3)n(C)n2)c1. The van der Waals surface area contributed by atoms with Crippen molar-refractivity contribution in [2.75, 3.05) is 38.8 Å². The van der Waals surface area contributed by atoms with Gasteiger partial charge in [0.25, 0.3) is 5.91 Å². The number of nitrogens with zero attached hydrogens (tertiary/aromatic N) is 4. The number of aryl methyl sites for hydroxylation is 1. The molecule has 31 heavy (non-hydrogen) atoms. The number of rotatable bonds is 7. The lowest BCUT2D eigenvalue weighted by molar-refractivity contribution is 0.0936. The van der Waals surface area contributed by atoms with Crippen LogP contribution in [0.2, 0.25) is 0 Å². The van der Waals surface area contributed by atoms with Crippen LogP contribution in [0.25, 0.3) is 11.3 Å². The van der Waals surface area contributed by atoms with Gasteiger partial charge in [0.2, 0.25) is 0 Å². The zero-order valence-corrected chi connectivity index (χ0v) is 18.8. The van der Waals surface area contributed by atoms with Crippen LogP contribution in [0.4, 0.5) is 5.13 Å². The fraction of sp³-hybridized carbons (Fsp3) is 0.409. The van der Waals surface area contributed by atoms with Gasteiger partial charge in [-0.05, 0) is 43.0 Å². The molecule has 1 amide bonds. The van der Waals surface area contributed by atoms with E-state index in [1.807, 2.05) is 29.8 Å². The lowest BCUT2D eigenvalue weighted by Gasteiger charge is -2.32. The summed E-state index contributed by atoms with van der Waals surface area (Å²) in [6.45, 7) is 2.56. The van der Waals surface area contributed by atoms with E-state index in [1.54, 1.807) is 43.4 Å². The number of amides is 1. The molecule has 1 saturated heterocycles. The Morgan fingerprint density at radius 2 is 2.16 bits per heavy atom. The normalized spacial score (nSPS) is 16.2. The first-order valence-electron chi connectivity index (χ1n) is 10.3. The van der Waals surface area contributed by atoms with Crippen LogP contribution < -0.4 is 19.7 Å². The van der Waals surface area contributed by atoms with Crippen molar-refractivity contribution in [1.29, 1.82) is 0 Å². The number of hydrogen-bond donors (Lipinski definition) is 1. The van der Waals surface area contributed by atoms with Gasteiger partial charge in [-0.3, -0.25) is 9.48 Å². The van der Waals surface area contributed by atoms with Crippen LogP contribution in [-0.2, 0) is 7.05 Å². The van der Waals surface area contributed by atoms with Gasteiger partial charge in [0.05, 0.1) is 19.9 Å². The average molecular weight is 442 g/mol. The summed E-state index contributed by atoms with van der Waals surface area (Å²) in [6, 6.07) is 7.31. The molecular formula is C22H27N5O3S. The molecule has 0 aliphatic carbocycles. The Kier molecular flexibility index (Phi) is 6.41. The molecule has 4 rings (SSSR count). The predicted octanol–water partition coefficient (Wildman–Crippen LogP) is 3.21. The standard InChI is InChI=1S/C22H27N5O3S/c1-26-19(12-18(25-26)17-11-16(29-2)6-7-20(17)30-3)21(28)24-13-15-5-4-9-27(14-15)22-23-8-10-31-22/h6-8,10-12,15H,4-5,9,13-14H2,1-3H3,(H,24,28). The Morgan fingerprint density at radius 3 is 2.90 bits per heavy atom. The molecule has 164 valence electrons. The van der Waals surface area contributed by atoms with Crippen molar-refractivity contribution in [3.05, 3.63) is 41.5 Å². The largest absolute Gasteiger partial charge is 0.497 e. The topological polar surface area (TPSA) is 81.5 Å².